The van der Waals surface area contributed by atoms with Crippen LogP contribution in [0.1, 0.15) is 24.2 Å². The molecule has 0 fully saturated rings. The Morgan fingerprint density at radius 3 is 2.89 bits per heavy atom. The third-order valence-corrected chi connectivity index (χ3v) is 3.27. The van der Waals surface area contributed by atoms with E-state index in [1.54, 1.807) is 12.3 Å². The minimum absolute atomic E-state index is 0.0780. The Morgan fingerprint density at radius 2 is 2.22 bits per heavy atom. The number of carbonyl (C=O) groups excluding carboxylic acids is 1. The van der Waals surface area contributed by atoms with Gasteiger partial charge in [0.1, 0.15) is 11.1 Å². The number of esters is 1. The summed E-state index contributed by atoms with van der Waals surface area (Å²) in [5.41, 5.74) is 0.640. The quantitative estimate of drug-likeness (QED) is 0.862. The van der Waals surface area contributed by atoms with Gasteiger partial charge in [0.25, 0.3) is 0 Å². The molecule has 2 heterocycles. The van der Waals surface area contributed by atoms with Gasteiger partial charge in [-0.2, -0.15) is 0 Å². The molecule has 18 heavy (non-hydrogen) atoms. The zero-order valence-corrected chi connectivity index (χ0v) is 10.9. The molecule has 2 aromatic rings. The van der Waals surface area contributed by atoms with Crippen molar-refractivity contribution >= 4 is 27.5 Å². The highest BCUT2D eigenvalue weighted by atomic mass is 32.1. The molecule has 5 nitrogen and oxygen atoms in total. The van der Waals surface area contributed by atoms with E-state index < -0.39 is 5.97 Å². The van der Waals surface area contributed by atoms with Crippen LogP contribution in [-0.2, 0) is 4.74 Å². The Bertz CT molecular complexity index is 579. The van der Waals surface area contributed by atoms with Crippen LogP contribution >= 0.6 is 11.3 Å². The molecule has 0 saturated carbocycles. The fraction of sp³-hybridized carbons (Fsp3) is 0.333. The highest BCUT2D eigenvalue weighted by Crippen LogP contribution is 2.38. The average Bonchev–Trinajstić information content (AvgIpc) is 2.75. The Morgan fingerprint density at radius 1 is 1.44 bits per heavy atom. The largest absolute Gasteiger partial charge is 0.505 e. The van der Waals surface area contributed by atoms with Gasteiger partial charge < -0.3 is 14.6 Å². The summed E-state index contributed by atoms with van der Waals surface area (Å²) in [6.07, 6.45) is 1.31. The zero-order chi connectivity index (χ0) is 13.1. The topological polar surface area (TPSA) is 68.7 Å². The normalized spacial score (nSPS) is 10.6. The standard InChI is InChI=1S/C12H13NO4S/c1-3-16-8-6-18-11-9(8)13-5-7(10(11)14)12(15)17-4-2/h5-6H,3-4H2,1-2H3,(H,13,14). The Labute approximate surface area is 108 Å². The fourth-order valence-electron chi connectivity index (χ4n) is 1.55. The van der Waals surface area contributed by atoms with Gasteiger partial charge in [-0.25, -0.2) is 4.79 Å². The number of fused-ring (bicyclic) bond motifs is 1. The van der Waals surface area contributed by atoms with Crippen molar-refractivity contribution in [3.05, 3.63) is 17.1 Å². The number of aromatic nitrogens is 1. The molecule has 0 bridgehead atoms. The first kappa shape index (κ1) is 12.6. The molecule has 0 aliphatic rings. The average molecular weight is 267 g/mol. The maximum Gasteiger partial charge on any atom is 0.343 e. The number of rotatable bonds is 4. The first-order chi connectivity index (χ1) is 8.69. The second-order valence-electron chi connectivity index (χ2n) is 3.45. The summed E-state index contributed by atoms with van der Waals surface area (Å²) in [7, 11) is 0. The molecule has 96 valence electrons. The lowest BCUT2D eigenvalue weighted by Crippen LogP contribution is -2.05. The van der Waals surface area contributed by atoms with Crippen LogP contribution in [0.25, 0.3) is 10.2 Å². The third-order valence-electron chi connectivity index (χ3n) is 2.32. The molecule has 2 aromatic heterocycles. The highest BCUT2D eigenvalue weighted by molar-refractivity contribution is 7.18. The first-order valence-electron chi connectivity index (χ1n) is 5.58. The number of aromatic hydroxyl groups is 1. The van der Waals surface area contributed by atoms with Crippen LogP contribution in [0, 0.1) is 0 Å². The third kappa shape index (κ3) is 2.11. The van der Waals surface area contributed by atoms with E-state index in [0.29, 0.717) is 22.6 Å². The van der Waals surface area contributed by atoms with E-state index in [0.717, 1.165) is 0 Å². The van der Waals surface area contributed by atoms with Crippen molar-refractivity contribution in [2.75, 3.05) is 13.2 Å². The van der Waals surface area contributed by atoms with Crippen LogP contribution in [-0.4, -0.2) is 29.3 Å². The molecule has 2 rings (SSSR count). The summed E-state index contributed by atoms with van der Waals surface area (Å²) < 4.78 is 10.8. The minimum atomic E-state index is -0.573. The molecule has 0 unspecified atom stereocenters. The summed E-state index contributed by atoms with van der Waals surface area (Å²) in [4.78, 5) is 15.7. The van der Waals surface area contributed by atoms with Crippen LogP contribution in [0.3, 0.4) is 0 Å². The lowest BCUT2D eigenvalue weighted by molar-refractivity contribution is 0.0523. The Balaban J connectivity index is 2.48. The Kier molecular flexibility index (Phi) is 3.66. The van der Waals surface area contributed by atoms with E-state index in [4.69, 9.17) is 9.47 Å². The fourth-order valence-corrected chi connectivity index (χ4v) is 2.45. The second kappa shape index (κ2) is 5.22. The summed E-state index contributed by atoms with van der Waals surface area (Å²) in [5.74, 6) is -0.0617. The predicted molar refractivity (Wildman–Crippen MR) is 68.4 cm³/mol. The second-order valence-corrected chi connectivity index (χ2v) is 4.33. The van der Waals surface area contributed by atoms with Crippen LogP contribution in [0.15, 0.2) is 11.6 Å². The number of hydrogen-bond donors (Lipinski definition) is 1. The van der Waals surface area contributed by atoms with E-state index >= 15 is 0 Å². The smallest absolute Gasteiger partial charge is 0.343 e. The number of ether oxygens (including phenoxy) is 2. The van der Waals surface area contributed by atoms with Crippen LogP contribution in [0.2, 0.25) is 0 Å². The van der Waals surface area contributed by atoms with Gasteiger partial charge in [0.15, 0.2) is 11.5 Å². The first-order valence-corrected chi connectivity index (χ1v) is 6.46. The summed E-state index contributed by atoms with van der Waals surface area (Å²) in [5, 5.41) is 11.8. The Hall–Kier alpha value is -1.82. The van der Waals surface area contributed by atoms with E-state index in [-0.39, 0.29) is 17.9 Å². The molecule has 0 spiro atoms. The summed E-state index contributed by atoms with van der Waals surface area (Å²) in [6, 6.07) is 0. The van der Waals surface area contributed by atoms with Crippen molar-refractivity contribution in [3.63, 3.8) is 0 Å². The van der Waals surface area contributed by atoms with Gasteiger partial charge >= 0.3 is 5.97 Å². The monoisotopic (exact) mass is 267 g/mol. The molecular formula is C12H13NO4S. The van der Waals surface area contributed by atoms with Crippen molar-refractivity contribution in [1.82, 2.24) is 4.98 Å². The number of pyridine rings is 1. The van der Waals surface area contributed by atoms with Crippen LogP contribution < -0.4 is 4.74 Å². The summed E-state index contributed by atoms with van der Waals surface area (Å²) >= 11 is 1.28. The zero-order valence-electron chi connectivity index (χ0n) is 10.1. The lowest BCUT2D eigenvalue weighted by atomic mass is 10.2. The van der Waals surface area contributed by atoms with Gasteiger partial charge in [0.05, 0.1) is 17.9 Å². The molecular weight excluding hydrogens is 254 g/mol. The van der Waals surface area contributed by atoms with Gasteiger partial charge in [-0.15, -0.1) is 11.3 Å². The maximum atomic E-state index is 11.6. The van der Waals surface area contributed by atoms with Gasteiger partial charge in [0.2, 0.25) is 0 Å². The van der Waals surface area contributed by atoms with E-state index in [1.807, 2.05) is 6.92 Å². The lowest BCUT2D eigenvalue weighted by Gasteiger charge is -2.05. The highest BCUT2D eigenvalue weighted by Gasteiger charge is 2.19. The molecule has 0 radical (unpaired) electrons. The van der Waals surface area contributed by atoms with Gasteiger partial charge in [-0.05, 0) is 13.8 Å². The van der Waals surface area contributed by atoms with E-state index in [9.17, 15) is 9.90 Å². The van der Waals surface area contributed by atoms with Crippen molar-refractivity contribution in [2.45, 2.75) is 13.8 Å². The van der Waals surface area contributed by atoms with Crippen LogP contribution in [0.5, 0.6) is 11.5 Å². The minimum Gasteiger partial charge on any atom is -0.505 e. The maximum absolute atomic E-state index is 11.6. The molecule has 0 aliphatic carbocycles. The SMILES string of the molecule is CCOC(=O)c1cnc2c(OCC)csc2c1O. The number of carbonyl (C=O) groups is 1. The van der Waals surface area contributed by atoms with Gasteiger partial charge in [0, 0.05) is 11.6 Å². The van der Waals surface area contributed by atoms with Gasteiger partial charge in [-0.1, -0.05) is 0 Å². The molecule has 0 saturated heterocycles. The predicted octanol–water partition coefficient (Wildman–Crippen LogP) is 2.58. The number of hydrogen-bond acceptors (Lipinski definition) is 6. The van der Waals surface area contributed by atoms with Crippen molar-refractivity contribution < 1.29 is 19.4 Å². The van der Waals surface area contributed by atoms with Crippen molar-refractivity contribution in [1.29, 1.82) is 0 Å². The molecule has 0 aliphatic heterocycles. The molecule has 6 heteroatoms. The summed E-state index contributed by atoms with van der Waals surface area (Å²) in [6.45, 7) is 4.36. The molecule has 0 amide bonds. The number of thiophene rings is 1. The number of nitrogens with zero attached hydrogens (tertiary/aromatic N) is 1. The van der Waals surface area contributed by atoms with Crippen LogP contribution in [0.4, 0.5) is 0 Å². The van der Waals surface area contributed by atoms with E-state index in [1.165, 1.54) is 17.5 Å². The molecule has 0 atom stereocenters. The van der Waals surface area contributed by atoms with Crippen molar-refractivity contribution in [2.24, 2.45) is 0 Å². The molecule has 0 aromatic carbocycles. The molecule has 1 N–H and O–H groups in total. The van der Waals surface area contributed by atoms with Crippen molar-refractivity contribution in [3.8, 4) is 11.5 Å². The van der Waals surface area contributed by atoms with Gasteiger partial charge in [-0.3, -0.25) is 4.98 Å². The van der Waals surface area contributed by atoms with E-state index in [2.05, 4.69) is 4.98 Å².